The van der Waals surface area contributed by atoms with Crippen molar-refractivity contribution in [1.29, 1.82) is 0 Å². The van der Waals surface area contributed by atoms with Crippen LogP contribution in [-0.4, -0.2) is 41.0 Å². The van der Waals surface area contributed by atoms with Crippen LogP contribution < -0.4 is 4.74 Å². The van der Waals surface area contributed by atoms with E-state index in [1.165, 1.54) is 4.90 Å². The van der Waals surface area contributed by atoms with Crippen molar-refractivity contribution in [1.82, 2.24) is 4.90 Å². The molecule has 0 aliphatic carbocycles. The van der Waals surface area contributed by atoms with Crippen molar-refractivity contribution >= 4 is 17.4 Å². The number of amides is 1. The summed E-state index contributed by atoms with van der Waals surface area (Å²) in [7, 11) is 0. The van der Waals surface area contributed by atoms with Gasteiger partial charge in [0, 0.05) is 18.7 Å². The third-order valence-corrected chi connectivity index (χ3v) is 6.44. The van der Waals surface area contributed by atoms with E-state index in [4.69, 9.17) is 9.47 Å². The number of nitrogens with zero attached hydrogens (tertiary/aromatic N) is 1. The van der Waals surface area contributed by atoms with Crippen LogP contribution in [0, 0.1) is 6.92 Å². The first-order valence-electron chi connectivity index (χ1n) is 11.8. The zero-order valence-corrected chi connectivity index (χ0v) is 19.5. The molecule has 0 saturated carbocycles. The van der Waals surface area contributed by atoms with E-state index < -0.39 is 17.7 Å². The number of para-hydroxylation sites is 1. The zero-order chi connectivity index (χ0) is 24.4. The molecule has 0 unspecified atom stereocenters. The third kappa shape index (κ3) is 4.70. The average molecular weight is 470 g/mol. The number of likely N-dealkylation sites (tertiary alicyclic amines) is 1. The normalized spacial score (nSPS) is 21.5. The summed E-state index contributed by atoms with van der Waals surface area (Å²) in [6, 6.07) is 23.2. The first-order valence-corrected chi connectivity index (χ1v) is 11.8. The van der Waals surface area contributed by atoms with Gasteiger partial charge in [-0.15, -0.1) is 0 Å². The zero-order valence-electron chi connectivity index (χ0n) is 19.5. The van der Waals surface area contributed by atoms with Crippen molar-refractivity contribution in [2.75, 3.05) is 13.2 Å². The number of aliphatic hydroxyl groups excluding tert-OH is 1. The van der Waals surface area contributed by atoms with Gasteiger partial charge in [0.05, 0.1) is 17.7 Å². The maximum atomic E-state index is 13.2. The predicted octanol–water partition coefficient (Wildman–Crippen LogP) is 5.39. The SMILES string of the molecule is Cc1ccc(C(O)=C2C(=O)C(=O)N(C[C@@H]3CCCO3)[C@@H]2c2cccc(Oc3ccccc3)c2)cc1. The Morgan fingerprint density at radius 3 is 2.46 bits per heavy atom. The molecule has 3 aromatic carbocycles. The van der Waals surface area contributed by atoms with Crippen molar-refractivity contribution in [3.63, 3.8) is 0 Å². The molecule has 2 aliphatic rings. The quantitative estimate of drug-likeness (QED) is 0.298. The van der Waals surface area contributed by atoms with Gasteiger partial charge in [0.25, 0.3) is 11.7 Å². The van der Waals surface area contributed by atoms with E-state index in [-0.39, 0.29) is 24.0 Å². The van der Waals surface area contributed by atoms with Gasteiger partial charge in [-0.3, -0.25) is 9.59 Å². The molecule has 6 heteroatoms. The molecule has 178 valence electrons. The summed E-state index contributed by atoms with van der Waals surface area (Å²) in [4.78, 5) is 28.0. The van der Waals surface area contributed by atoms with Gasteiger partial charge in [0.2, 0.25) is 0 Å². The number of carbonyl (C=O) groups is 2. The maximum Gasteiger partial charge on any atom is 0.295 e. The fourth-order valence-corrected chi connectivity index (χ4v) is 4.66. The summed E-state index contributed by atoms with van der Waals surface area (Å²) in [5.74, 6) is -0.254. The van der Waals surface area contributed by atoms with Gasteiger partial charge in [-0.25, -0.2) is 0 Å². The minimum absolute atomic E-state index is 0.0775. The highest BCUT2D eigenvalue weighted by molar-refractivity contribution is 6.46. The molecule has 3 aromatic rings. The van der Waals surface area contributed by atoms with Crippen LogP contribution in [0.25, 0.3) is 5.76 Å². The molecule has 2 aliphatic heterocycles. The van der Waals surface area contributed by atoms with E-state index in [1.54, 1.807) is 12.1 Å². The Hall–Kier alpha value is -3.90. The predicted molar refractivity (Wildman–Crippen MR) is 132 cm³/mol. The molecule has 0 radical (unpaired) electrons. The summed E-state index contributed by atoms with van der Waals surface area (Å²) >= 11 is 0. The fraction of sp³-hybridized carbons (Fsp3) is 0.241. The van der Waals surface area contributed by atoms with E-state index in [9.17, 15) is 14.7 Å². The van der Waals surface area contributed by atoms with Gasteiger partial charge in [0.15, 0.2) is 0 Å². The first kappa shape index (κ1) is 22.9. The van der Waals surface area contributed by atoms with Crippen LogP contribution in [0.1, 0.15) is 35.6 Å². The Labute approximate surface area is 204 Å². The second-order valence-electron chi connectivity index (χ2n) is 8.94. The lowest BCUT2D eigenvalue weighted by atomic mass is 9.94. The average Bonchev–Trinajstić information content (AvgIpc) is 3.47. The van der Waals surface area contributed by atoms with E-state index in [0.29, 0.717) is 29.2 Å². The number of ketones is 1. The molecule has 2 heterocycles. The molecule has 35 heavy (non-hydrogen) atoms. The molecular formula is C29H27NO5. The van der Waals surface area contributed by atoms with Crippen LogP contribution in [0.15, 0.2) is 84.4 Å². The largest absolute Gasteiger partial charge is 0.507 e. The summed E-state index contributed by atoms with van der Waals surface area (Å²) in [5, 5.41) is 11.2. The molecule has 1 N–H and O–H groups in total. The number of benzene rings is 3. The highest BCUT2D eigenvalue weighted by atomic mass is 16.5. The number of hydrogen-bond donors (Lipinski definition) is 1. The van der Waals surface area contributed by atoms with Gasteiger partial charge in [0.1, 0.15) is 17.3 Å². The van der Waals surface area contributed by atoms with Gasteiger partial charge in [-0.2, -0.15) is 0 Å². The van der Waals surface area contributed by atoms with Gasteiger partial charge in [-0.05, 0) is 49.6 Å². The van der Waals surface area contributed by atoms with Gasteiger partial charge in [-0.1, -0.05) is 60.2 Å². The van der Waals surface area contributed by atoms with E-state index >= 15 is 0 Å². The minimum Gasteiger partial charge on any atom is -0.507 e. The number of ether oxygens (including phenoxy) is 2. The van der Waals surface area contributed by atoms with Gasteiger partial charge >= 0.3 is 0 Å². The van der Waals surface area contributed by atoms with Crippen LogP contribution in [0.4, 0.5) is 0 Å². The summed E-state index contributed by atoms with van der Waals surface area (Å²) < 4.78 is 11.8. The fourth-order valence-electron chi connectivity index (χ4n) is 4.66. The molecule has 2 saturated heterocycles. The number of rotatable bonds is 6. The number of hydrogen-bond acceptors (Lipinski definition) is 5. The number of Topliss-reactive ketones (excluding diaryl/α,β-unsaturated/α-hetero) is 1. The monoisotopic (exact) mass is 469 g/mol. The molecule has 0 spiro atoms. The number of aliphatic hydroxyl groups is 1. The first-order chi connectivity index (χ1) is 17.0. The summed E-state index contributed by atoms with van der Waals surface area (Å²) in [6.45, 7) is 2.87. The van der Waals surface area contributed by atoms with Crippen LogP contribution in [0.3, 0.4) is 0 Å². The van der Waals surface area contributed by atoms with Crippen molar-refractivity contribution in [3.05, 3.63) is 101 Å². The molecule has 5 rings (SSSR count). The summed E-state index contributed by atoms with van der Waals surface area (Å²) in [6.07, 6.45) is 1.60. The molecule has 2 fully saturated rings. The number of aryl methyl sites for hydroxylation is 1. The maximum absolute atomic E-state index is 13.2. The van der Waals surface area contributed by atoms with Crippen LogP contribution in [-0.2, 0) is 14.3 Å². The second kappa shape index (κ2) is 9.76. The van der Waals surface area contributed by atoms with E-state index in [0.717, 1.165) is 18.4 Å². The highest BCUT2D eigenvalue weighted by Gasteiger charge is 2.47. The molecule has 2 atom stereocenters. The molecule has 0 bridgehead atoms. The molecule has 1 amide bonds. The Morgan fingerprint density at radius 2 is 1.74 bits per heavy atom. The second-order valence-corrected chi connectivity index (χ2v) is 8.94. The lowest BCUT2D eigenvalue weighted by Crippen LogP contribution is -2.36. The van der Waals surface area contributed by atoms with Crippen molar-refractivity contribution in [2.45, 2.75) is 31.9 Å². The molecule has 6 nitrogen and oxygen atoms in total. The molecule has 0 aromatic heterocycles. The number of carbonyl (C=O) groups excluding carboxylic acids is 2. The smallest absolute Gasteiger partial charge is 0.295 e. The topological polar surface area (TPSA) is 76.1 Å². The third-order valence-electron chi connectivity index (χ3n) is 6.44. The minimum atomic E-state index is -0.750. The van der Waals surface area contributed by atoms with E-state index in [1.807, 2.05) is 73.7 Å². The van der Waals surface area contributed by atoms with Gasteiger partial charge < -0.3 is 19.5 Å². The lowest BCUT2D eigenvalue weighted by Gasteiger charge is -2.27. The Balaban J connectivity index is 1.58. The van der Waals surface area contributed by atoms with E-state index in [2.05, 4.69) is 0 Å². The Morgan fingerprint density at radius 1 is 1.00 bits per heavy atom. The van der Waals surface area contributed by atoms with Crippen molar-refractivity contribution in [3.8, 4) is 11.5 Å². The standard InChI is InChI=1S/C29H27NO5/c1-19-12-14-20(15-13-19)27(31)25-26(30(29(33)28(25)32)18-24-11-6-16-34-24)21-7-5-10-23(17-21)35-22-8-3-2-4-9-22/h2-5,7-10,12-15,17,24,26,31H,6,11,16,18H2,1H3/t24-,26+/m0/s1. The molecular weight excluding hydrogens is 442 g/mol. The summed E-state index contributed by atoms with van der Waals surface area (Å²) in [5.41, 5.74) is 2.29. The van der Waals surface area contributed by atoms with Crippen LogP contribution in [0.5, 0.6) is 11.5 Å². The van der Waals surface area contributed by atoms with Crippen molar-refractivity contribution in [2.24, 2.45) is 0 Å². The Kier molecular flexibility index (Phi) is 6.38. The highest BCUT2D eigenvalue weighted by Crippen LogP contribution is 2.41. The Bertz CT molecular complexity index is 1260. The lowest BCUT2D eigenvalue weighted by molar-refractivity contribution is -0.140. The van der Waals surface area contributed by atoms with Crippen LogP contribution in [0.2, 0.25) is 0 Å². The van der Waals surface area contributed by atoms with Crippen LogP contribution >= 0.6 is 0 Å². The van der Waals surface area contributed by atoms with Crippen molar-refractivity contribution < 1.29 is 24.2 Å².